The molecule has 0 aliphatic heterocycles. The van der Waals surface area contributed by atoms with Crippen LogP contribution >= 0.6 is 23.2 Å². The molecule has 1 unspecified atom stereocenters. The lowest BCUT2D eigenvalue weighted by Gasteiger charge is -2.20. The van der Waals surface area contributed by atoms with E-state index in [1.807, 2.05) is 0 Å². The van der Waals surface area contributed by atoms with Crippen molar-refractivity contribution < 1.29 is 32.6 Å². The Labute approximate surface area is 176 Å². The van der Waals surface area contributed by atoms with Crippen LogP contribution < -0.4 is 0 Å². The molecule has 0 aliphatic rings. The monoisotopic (exact) mass is 459 g/mol. The van der Waals surface area contributed by atoms with Crippen molar-refractivity contribution >= 4 is 51.6 Å². The molecule has 2 aromatic carbocycles. The highest BCUT2D eigenvalue weighted by atomic mass is 35.5. The molecular weight excluding hydrogens is 445 g/mol. The maximum Gasteiger partial charge on any atom is 0.423 e. The van der Waals surface area contributed by atoms with Gasteiger partial charge in [-0.1, -0.05) is 53.5 Å². The number of aldehydes is 1. The summed E-state index contributed by atoms with van der Waals surface area (Å²) in [5.74, 6) is -3.34. The molecule has 1 atom stereocenters. The zero-order chi connectivity index (χ0) is 21.8. The minimum atomic E-state index is -4.52. The second kappa shape index (κ2) is 9.25. The van der Waals surface area contributed by atoms with Gasteiger partial charge in [-0.15, -0.1) is 0 Å². The number of carboxylic acids is 1. The van der Waals surface area contributed by atoms with Gasteiger partial charge >= 0.3 is 12.1 Å². The molecule has 0 bridgehead atoms. The Morgan fingerprint density at radius 1 is 1.17 bits per heavy atom. The van der Waals surface area contributed by atoms with Crippen molar-refractivity contribution in [3.63, 3.8) is 0 Å². The smallest absolute Gasteiger partial charge is 0.423 e. The minimum Gasteiger partial charge on any atom is -0.480 e. The van der Waals surface area contributed by atoms with Crippen LogP contribution in [0.4, 0.5) is 4.79 Å². The number of hydrogen-bond donors (Lipinski definition) is 1. The molecule has 0 saturated carbocycles. The van der Waals surface area contributed by atoms with Crippen molar-refractivity contribution in [1.82, 2.24) is 4.31 Å². The lowest BCUT2D eigenvalue weighted by atomic mass is 10.0. The number of carboxylic acid groups (broad SMARTS) is 1. The summed E-state index contributed by atoms with van der Waals surface area (Å²) < 4.78 is 30.9. The summed E-state index contributed by atoms with van der Waals surface area (Å²) in [6, 6.07) is 10.7. The Balaban J connectivity index is 2.35. The summed E-state index contributed by atoms with van der Waals surface area (Å²) in [6.45, 7) is -0.161. The van der Waals surface area contributed by atoms with E-state index in [0.717, 1.165) is 19.2 Å². The summed E-state index contributed by atoms with van der Waals surface area (Å²) in [5, 5.41) is 8.39. The molecule has 2 rings (SSSR count). The van der Waals surface area contributed by atoms with Crippen LogP contribution in [0.1, 0.15) is 17.0 Å². The van der Waals surface area contributed by atoms with Crippen LogP contribution in [0.5, 0.6) is 0 Å². The predicted molar refractivity (Wildman–Crippen MR) is 104 cm³/mol. The number of carbonyl (C=O) groups is 3. The highest BCUT2D eigenvalue weighted by Gasteiger charge is 2.33. The van der Waals surface area contributed by atoms with Gasteiger partial charge < -0.3 is 14.6 Å². The fourth-order valence-electron chi connectivity index (χ4n) is 2.34. The van der Waals surface area contributed by atoms with Gasteiger partial charge in [0.1, 0.15) is 23.7 Å². The number of halogens is 2. The topological polar surface area (TPSA) is 118 Å². The van der Waals surface area contributed by atoms with E-state index in [-0.39, 0.29) is 23.5 Å². The minimum absolute atomic E-state index is 0.0731. The molecule has 0 saturated heterocycles. The number of rotatable bonds is 7. The zero-order valence-electron chi connectivity index (χ0n) is 14.9. The molecule has 154 valence electrons. The lowest BCUT2D eigenvalue weighted by molar-refractivity contribution is -0.140. The first-order chi connectivity index (χ1) is 13.6. The van der Waals surface area contributed by atoms with Gasteiger partial charge in [0.25, 0.3) is 10.0 Å². The van der Waals surface area contributed by atoms with Crippen LogP contribution in [0, 0.1) is 0 Å². The highest BCUT2D eigenvalue weighted by Crippen LogP contribution is 2.36. The Bertz CT molecular complexity index is 1040. The third-order valence-electron chi connectivity index (χ3n) is 3.90. The van der Waals surface area contributed by atoms with Crippen LogP contribution in [0.3, 0.4) is 0 Å². The molecule has 1 N–H and O–H groups in total. The highest BCUT2D eigenvalue weighted by molar-refractivity contribution is 7.89. The van der Waals surface area contributed by atoms with E-state index < -0.39 is 37.9 Å². The number of nitrogens with zero attached hydrogens (tertiary/aromatic N) is 1. The largest absolute Gasteiger partial charge is 0.480 e. The van der Waals surface area contributed by atoms with Crippen molar-refractivity contribution in [2.24, 2.45) is 0 Å². The summed E-state index contributed by atoms with van der Waals surface area (Å²) in [7, 11) is -3.56. The summed E-state index contributed by atoms with van der Waals surface area (Å²) in [6.07, 6.45) is -1.10. The summed E-state index contributed by atoms with van der Waals surface area (Å²) in [5.41, 5.74) is 0.261. The normalized spacial score (nSPS) is 12.1. The molecule has 29 heavy (non-hydrogen) atoms. The maximum absolute atomic E-state index is 12.8. The van der Waals surface area contributed by atoms with Gasteiger partial charge in [-0.2, -0.15) is 0 Å². The second-order valence-corrected chi connectivity index (χ2v) is 8.46. The van der Waals surface area contributed by atoms with E-state index in [9.17, 15) is 22.8 Å². The van der Waals surface area contributed by atoms with Gasteiger partial charge in [0, 0.05) is 17.6 Å². The standard InChI is InChI=1S/C18H15Cl2NO7S/c1-21(18(25)28-10-11-5-3-2-4-6-11)29(26,27)14-8-7-13(19)15(16(14)20)12(9-22)17(23)24/h2-9,12H,10H2,1H3,(H,23,24). The maximum atomic E-state index is 12.8. The molecule has 8 nitrogen and oxygen atoms in total. The second-order valence-electron chi connectivity index (χ2n) is 5.74. The van der Waals surface area contributed by atoms with Crippen LogP contribution in [-0.2, 0) is 31.0 Å². The van der Waals surface area contributed by atoms with Gasteiger partial charge in [-0.25, -0.2) is 17.5 Å². The molecule has 0 spiro atoms. The Morgan fingerprint density at radius 2 is 1.79 bits per heavy atom. The van der Waals surface area contributed by atoms with E-state index in [2.05, 4.69) is 0 Å². The van der Waals surface area contributed by atoms with E-state index in [0.29, 0.717) is 9.87 Å². The quantitative estimate of drug-likeness (QED) is 0.498. The van der Waals surface area contributed by atoms with E-state index >= 15 is 0 Å². The average Bonchev–Trinajstić information content (AvgIpc) is 2.68. The Kier molecular flexibility index (Phi) is 7.23. The molecule has 0 heterocycles. The molecule has 0 aliphatic carbocycles. The SMILES string of the molecule is CN(C(=O)OCc1ccccc1)S(=O)(=O)c1ccc(Cl)c(C(C=O)C(=O)O)c1Cl. The Hall–Kier alpha value is -2.62. The first-order valence-electron chi connectivity index (χ1n) is 7.96. The van der Waals surface area contributed by atoms with E-state index in [1.165, 1.54) is 0 Å². The first kappa shape index (κ1) is 22.7. The first-order valence-corrected chi connectivity index (χ1v) is 10.2. The number of aliphatic carboxylic acids is 1. The Morgan fingerprint density at radius 3 is 2.34 bits per heavy atom. The number of ether oxygens (including phenoxy) is 1. The fraction of sp³-hybridized carbons (Fsp3) is 0.167. The third-order valence-corrected chi connectivity index (χ3v) is 6.52. The predicted octanol–water partition coefficient (Wildman–Crippen LogP) is 3.32. The fourth-order valence-corrected chi connectivity index (χ4v) is 4.36. The molecule has 0 fully saturated rings. The van der Waals surface area contributed by atoms with Crippen molar-refractivity contribution in [1.29, 1.82) is 0 Å². The van der Waals surface area contributed by atoms with Crippen molar-refractivity contribution in [2.45, 2.75) is 17.4 Å². The van der Waals surface area contributed by atoms with E-state index in [4.69, 9.17) is 33.0 Å². The molecular formula is C18H15Cl2NO7S. The van der Waals surface area contributed by atoms with Crippen LogP contribution in [0.25, 0.3) is 0 Å². The number of carbonyl (C=O) groups excluding carboxylic acids is 2. The van der Waals surface area contributed by atoms with Crippen LogP contribution in [-0.4, -0.2) is 43.2 Å². The summed E-state index contributed by atoms with van der Waals surface area (Å²) >= 11 is 12.0. The van der Waals surface area contributed by atoms with E-state index in [1.54, 1.807) is 30.3 Å². The zero-order valence-corrected chi connectivity index (χ0v) is 17.2. The van der Waals surface area contributed by atoms with Gasteiger partial charge in [0.15, 0.2) is 0 Å². The number of amides is 1. The summed E-state index contributed by atoms with van der Waals surface area (Å²) in [4.78, 5) is 34.0. The van der Waals surface area contributed by atoms with Crippen molar-refractivity contribution in [3.8, 4) is 0 Å². The molecule has 11 heteroatoms. The van der Waals surface area contributed by atoms with Crippen LogP contribution in [0.15, 0.2) is 47.4 Å². The molecule has 0 radical (unpaired) electrons. The average molecular weight is 460 g/mol. The molecule has 1 amide bonds. The van der Waals surface area contributed by atoms with Gasteiger partial charge in [-0.05, 0) is 17.7 Å². The third kappa shape index (κ3) is 4.87. The van der Waals surface area contributed by atoms with Crippen molar-refractivity contribution in [3.05, 3.63) is 63.6 Å². The molecule has 2 aromatic rings. The van der Waals surface area contributed by atoms with Gasteiger partial charge in [-0.3, -0.25) is 4.79 Å². The van der Waals surface area contributed by atoms with Gasteiger partial charge in [0.2, 0.25) is 0 Å². The van der Waals surface area contributed by atoms with Crippen molar-refractivity contribution in [2.75, 3.05) is 7.05 Å². The molecule has 0 aromatic heterocycles. The number of benzene rings is 2. The van der Waals surface area contributed by atoms with Crippen LogP contribution in [0.2, 0.25) is 10.0 Å². The lowest BCUT2D eigenvalue weighted by Crippen LogP contribution is -2.34. The number of hydrogen-bond acceptors (Lipinski definition) is 6. The van der Waals surface area contributed by atoms with Gasteiger partial charge in [0.05, 0.1) is 5.02 Å². The number of sulfonamides is 1.